The normalized spacial score (nSPS) is 28.2. The van der Waals surface area contributed by atoms with E-state index in [1.807, 2.05) is 0 Å². The zero-order valence-electron chi connectivity index (χ0n) is 13.4. The van der Waals surface area contributed by atoms with Gasteiger partial charge in [-0.05, 0) is 64.5 Å². The smallest absolute Gasteiger partial charge is 0.235 e. The van der Waals surface area contributed by atoms with Crippen LogP contribution in [0.15, 0.2) is 0 Å². The molecule has 1 amide bonds. The summed E-state index contributed by atoms with van der Waals surface area (Å²) in [6.07, 6.45) is 3.09. The highest BCUT2D eigenvalue weighted by Gasteiger charge is 2.39. The van der Waals surface area contributed by atoms with Crippen molar-refractivity contribution < 1.29 is 18.3 Å². The summed E-state index contributed by atoms with van der Waals surface area (Å²) in [6.45, 7) is 5.04. The molecule has 0 spiro atoms. The van der Waals surface area contributed by atoms with Crippen molar-refractivity contribution in [2.45, 2.75) is 56.9 Å². The van der Waals surface area contributed by atoms with Crippen LogP contribution in [-0.2, 0) is 14.6 Å². The molecule has 0 unspecified atom stereocenters. The second-order valence-electron chi connectivity index (χ2n) is 6.92. The van der Waals surface area contributed by atoms with Crippen molar-refractivity contribution >= 4 is 15.7 Å². The zero-order chi connectivity index (χ0) is 16.3. The Labute approximate surface area is 133 Å². The van der Waals surface area contributed by atoms with Crippen LogP contribution in [0.3, 0.4) is 0 Å². The molecule has 1 aliphatic carbocycles. The Morgan fingerprint density at radius 1 is 1.23 bits per heavy atom. The molecule has 2 fully saturated rings. The van der Waals surface area contributed by atoms with Crippen LogP contribution in [0.25, 0.3) is 0 Å². The highest BCUT2D eigenvalue weighted by molar-refractivity contribution is 7.92. The summed E-state index contributed by atoms with van der Waals surface area (Å²) >= 11 is 0. The lowest BCUT2D eigenvalue weighted by Crippen LogP contribution is -2.54. The average Bonchev–Trinajstić information content (AvgIpc) is 2.42. The van der Waals surface area contributed by atoms with Gasteiger partial charge in [-0.2, -0.15) is 0 Å². The molecule has 1 heterocycles. The first kappa shape index (κ1) is 17.7. The van der Waals surface area contributed by atoms with Gasteiger partial charge in [0.1, 0.15) is 5.75 Å². The maximum absolute atomic E-state index is 12.2. The number of hydrogen-bond acceptors (Lipinski definition) is 5. The zero-order valence-corrected chi connectivity index (χ0v) is 14.2. The van der Waals surface area contributed by atoms with Gasteiger partial charge in [-0.1, -0.05) is 0 Å². The van der Waals surface area contributed by atoms with Gasteiger partial charge >= 0.3 is 0 Å². The van der Waals surface area contributed by atoms with E-state index >= 15 is 0 Å². The molecule has 3 N–H and O–H groups in total. The van der Waals surface area contributed by atoms with Crippen LogP contribution in [0, 0.1) is 11.8 Å². The summed E-state index contributed by atoms with van der Waals surface area (Å²) < 4.78 is 23.8. The molecular formula is C15H28N2O4S. The first-order valence-corrected chi connectivity index (χ1v) is 9.91. The number of aliphatic hydroxyl groups excluding tert-OH is 1. The molecule has 0 bridgehead atoms. The minimum atomic E-state index is -3.37. The number of carbonyl (C=O) groups excluding carboxylic acids is 1. The first-order chi connectivity index (χ1) is 10.3. The second-order valence-corrected chi connectivity index (χ2v) is 9.48. The first-order valence-electron chi connectivity index (χ1n) is 8.19. The fraction of sp³-hybridized carbons (Fsp3) is 0.933. The molecule has 0 aromatic heterocycles. The third-order valence-electron chi connectivity index (χ3n) is 4.93. The number of sulfone groups is 1. The van der Waals surface area contributed by atoms with Gasteiger partial charge in [-0.25, -0.2) is 8.42 Å². The summed E-state index contributed by atoms with van der Waals surface area (Å²) in [4.78, 5) is 12.2. The lowest BCUT2D eigenvalue weighted by molar-refractivity contribution is -0.121. The Morgan fingerprint density at radius 3 is 2.32 bits per heavy atom. The van der Waals surface area contributed by atoms with Gasteiger partial charge in [0.05, 0.1) is 11.4 Å². The quantitative estimate of drug-likeness (QED) is 0.639. The molecule has 7 heteroatoms. The van der Waals surface area contributed by atoms with Crippen LogP contribution in [0.2, 0.25) is 0 Å². The Morgan fingerprint density at radius 2 is 1.82 bits per heavy atom. The van der Waals surface area contributed by atoms with Gasteiger partial charge in [0.25, 0.3) is 0 Å². The van der Waals surface area contributed by atoms with Crippen LogP contribution >= 0.6 is 0 Å². The van der Waals surface area contributed by atoms with Crippen molar-refractivity contribution in [1.82, 2.24) is 10.6 Å². The van der Waals surface area contributed by atoms with E-state index in [1.165, 1.54) is 0 Å². The molecule has 6 nitrogen and oxygen atoms in total. The third-order valence-corrected chi connectivity index (χ3v) is 7.03. The minimum Gasteiger partial charge on any atom is -0.393 e. The van der Waals surface area contributed by atoms with Crippen LogP contribution in [0.5, 0.6) is 0 Å². The standard InChI is InChI=1S/C15H28N2O4S/c1-10(2)22(20,21)9-14(19)17-15(12-7-13(18)8-12)11-3-5-16-6-4-11/h10-13,15-16,18H,3-9H2,1-2H3,(H,17,19)/t12?,13?,15-/m1/s1. The van der Waals surface area contributed by atoms with E-state index in [4.69, 9.17) is 0 Å². The molecule has 2 rings (SSSR count). The van der Waals surface area contributed by atoms with Gasteiger partial charge < -0.3 is 15.7 Å². The van der Waals surface area contributed by atoms with Crippen LogP contribution in [-0.4, -0.2) is 55.7 Å². The second kappa shape index (κ2) is 7.27. The fourth-order valence-corrected chi connectivity index (χ4v) is 4.11. The van der Waals surface area contributed by atoms with Crippen molar-refractivity contribution in [3.63, 3.8) is 0 Å². The molecular weight excluding hydrogens is 304 g/mol. The number of piperidine rings is 1. The number of amides is 1. The summed E-state index contributed by atoms with van der Waals surface area (Å²) in [7, 11) is -3.37. The molecule has 2 aliphatic rings. The molecule has 22 heavy (non-hydrogen) atoms. The van der Waals surface area contributed by atoms with Crippen molar-refractivity contribution in [3.8, 4) is 0 Å². The summed E-state index contributed by atoms with van der Waals surface area (Å²) in [5, 5.41) is 15.3. The van der Waals surface area contributed by atoms with E-state index in [0.29, 0.717) is 18.8 Å². The van der Waals surface area contributed by atoms with Crippen LogP contribution in [0.1, 0.15) is 39.5 Å². The molecule has 1 saturated carbocycles. The molecule has 0 radical (unpaired) electrons. The highest BCUT2D eigenvalue weighted by Crippen LogP contribution is 2.35. The van der Waals surface area contributed by atoms with Crippen LogP contribution < -0.4 is 10.6 Å². The molecule has 1 atom stereocenters. The van der Waals surface area contributed by atoms with Crippen molar-refractivity contribution in [2.24, 2.45) is 11.8 Å². The SMILES string of the molecule is CC(C)S(=O)(=O)CC(=O)N[C@H](C1CCNCC1)C1CC(O)C1. The Bertz CT molecular complexity index is 480. The summed E-state index contributed by atoms with van der Waals surface area (Å²) in [5.41, 5.74) is 0. The maximum atomic E-state index is 12.2. The Balaban J connectivity index is 1.98. The van der Waals surface area contributed by atoms with Crippen LogP contribution in [0.4, 0.5) is 0 Å². The van der Waals surface area contributed by atoms with Gasteiger partial charge in [0.2, 0.25) is 5.91 Å². The Hall–Kier alpha value is -0.660. The monoisotopic (exact) mass is 332 g/mol. The fourth-order valence-electron chi connectivity index (χ4n) is 3.32. The Kier molecular flexibility index (Phi) is 5.85. The lowest BCUT2D eigenvalue weighted by Gasteiger charge is -2.43. The van der Waals surface area contributed by atoms with E-state index in [1.54, 1.807) is 13.8 Å². The predicted octanol–water partition coefficient (Wildman–Crippen LogP) is 0.0649. The minimum absolute atomic E-state index is 0.0136. The third kappa shape index (κ3) is 4.43. The molecule has 0 aromatic rings. The van der Waals surface area contributed by atoms with Gasteiger partial charge in [-0.15, -0.1) is 0 Å². The number of hydrogen-bond donors (Lipinski definition) is 3. The molecule has 128 valence electrons. The van der Waals surface area contributed by atoms with Crippen molar-refractivity contribution in [3.05, 3.63) is 0 Å². The van der Waals surface area contributed by atoms with E-state index in [9.17, 15) is 18.3 Å². The average molecular weight is 332 g/mol. The lowest BCUT2D eigenvalue weighted by atomic mass is 9.71. The van der Waals surface area contributed by atoms with E-state index < -0.39 is 26.7 Å². The summed E-state index contributed by atoms with van der Waals surface area (Å²) in [5.74, 6) is -0.214. The molecule has 0 aromatic carbocycles. The maximum Gasteiger partial charge on any atom is 0.235 e. The highest BCUT2D eigenvalue weighted by atomic mass is 32.2. The molecule has 1 aliphatic heterocycles. The predicted molar refractivity (Wildman–Crippen MR) is 85.2 cm³/mol. The van der Waals surface area contributed by atoms with Gasteiger partial charge in [-0.3, -0.25) is 4.79 Å². The number of nitrogens with one attached hydrogen (secondary N) is 2. The molecule has 1 saturated heterocycles. The number of rotatable bonds is 6. The summed E-state index contributed by atoms with van der Waals surface area (Å²) in [6, 6.07) is -0.0136. The van der Waals surface area contributed by atoms with Crippen molar-refractivity contribution in [2.75, 3.05) is 18.8 Å². The van der Waals surface area contributed by atoms with E-state index in [-0.39, 0.29) is 18.1 Å². The van der Waals surface area contributed by atoms with Gasteiger partial charge in [0, 0.05) is 6.04 Å². The largest absolute Gasteiger partial charge is 0.393 e. The van der Waals surface area contributed by atoms with E-state index in [0.717, 1.165) is 25.9 Å². The topological polar surface area (TPSA) is 95.5 Å². The van der Waals surface area contributed by atoms with E-state index in [2.05, 4.69) is 10.6 Å². The number of carbonyl (C=O) groups is 1. The van der Waals surface area contributed by atoms with Gasteiger partial charge in [0.15, 0.2) is 9.84 Å². The van der Waals surface area contributed by atoms with Crippen molar-refractivity contribution in [1.29, 1.82) is 0 Å². The number of aliphatic hydroxyl groups is 1.